The lowest BCUT2D eigenvalue weighted by atomic mass is 10.0. The molecule has 0 spiro atoms. The number of nitrogens with zero attached hydrogens (tertiary/aromatic N) is 3. The number of hydrogen-bond acceptors (Lipinski definition) is 3. The largest absolute Gasteiger partial charge is 0.342 e. The van der Waals surface area contributed by atoms with Crippen molar-refractivity contribution in [3.05, 3.63) is 101 Å². The second kappa shape index (κ2) is 8.83. The van der Waals surface area contributed by atoms with E-state index in [0.717, 1.165) is 40.9 Å². The lowest BCUT2D eigenvalue weighted by molar-refractivity contribution is 0.0926. The van der Waals surface area contributed by atoms with Gasteiger partial charge in [-0.15, -0.1) is 12.4 Å². The lowest BCUT2D eigenvalue weighted by Crippen LogP contribution is -2.35. The molecular weight excluding hydrogens is 488 g/mol. The smallest absolute Gasteiger partial charge is 0.254 e. The van der Waals surface area contributed by atoms with Crippen LogP contribution in [0.1, 0.15) is 28.8 Å². The topological polar surface area (TPSA) is 75.1 Å². The molecule has 1 aliphatic carbocycles. The molecule has 0 bridgehead atoms. The van der Waals surface area contributed by atoms with E-state index in [1.807, 2.05) is 41.1 Å². The van der Waals surface area contributed by atoms with Crippen LogP contribution in [0.3, 0.4) is 0 Å². The predicted molar refractivity (Wildman–Crippen MR) is 135 cm³/mol. The lowest BCUT2D eigenvalue weighted by Gasteiger charge is -2.18. The van der Waals surface area contributed by atoms with Crippen molar-refractivity contribution in [3.8, 4) is 22.4 Å². The average Bonchev–Trinajstić information content (AvgIpc) is 3.23. The first kappa shape index (κ1) is 23.1. The molecule has 6 nitrogen and oxygen atoms in total. The minimum Gasteiger partial charge on any atom is -0.342 e. The Morgan fingerprint density at radius 3 is 2.49 bits per heavy atom. The minimum absolute atomic E-state index is 0. The van der Waals surface area contributed by atoms with Gasteiger partial charge in [-0.3, -0.25) is 14.3 Å². The molecule has 0 radical (unpaired) electrons. The van der Waals surface area contributed by atoms with Gasteiger partial charge in [0.25, 0.3) is 5.91 Å². The van der Waals surface area contributed by atoms with Gasteiger partial charge in [0.05, 0.1) is 29.2 Å². The van der Waals surface area contributed by atoms with E-state index in [-0.39, 0.29) is 18.0 Å². The second-order valence-corrected chi connectivity index (χ2v) is 8.95. The van der Waals surface area contributed by atoms with Crippen LogP contribution < -0.4 is 5.32 Å². The summed E-state index contributed by atoms with van der Waals surface area (Å²) < 4.78 is 17.0. The Hall–Kier alpha value is -3.68. The van der Waals surface area contributed by atoms with E-state index >= 15 is 4.39 Å². The van der Waals surface area contributed by atoms with Crippen LogP contribution in [0.4, 0.5) is 4.39 Å². The zero-order valence-corrected chi connectivity index (χ0v) is 19.9. The molecule has 0 unspecified atom stereocenters. The van der Waals surface area contributed by atoms with Crippen molar-refractivity contribution in [2.75, 3.05) is 0 Å². The Morgan fingerprint density at radius 1 is 1.03 bits per heavy atom. The van der Waals surface area contributed by atoms with Gasteiger partial charge in [-0.05, 0) is 54.8 Å². The number of fused-ring (bicyclic) bond motifs is 1. The molecule has 0 saturated heterocycles. The van der Waals surface area contributed by atoms with Gasteiger partial charge < -0.3 is 5.32 Å². The van der Waals surface area contributed by atoms with Crippen LogP contribution in [-0.4, -0.2) is 25.5 Å². The molecule has 1 amide bonds. The quantitative estimate of drug-likeness (QED) is 0.305. The summed E-state index contributed by atoms with van der Waals surface area (Å²) in [4.78, 5) is 17.4. The Balaban J connectivity index is 0.00000253. The third-order valence-corrected chi connectivity index (χ3v) is 6.60. The number of halogens is 3. The van der Waals surface area contributed by atoms with Gasteiger partial charge in [0.2, 0.25) is 0 Å². The summed E-state index contributed by atoms with van der Waals surface area (Å²) in [5, 5.41) is 10.5. The molecule has 2 aromatic carbocycles. The van der Waals surface area contributed by atoms with Crippen LogP contribution in [0.15, 0.2) is 79.4 Å². The molecule has 2 N–H and O–H groups in total. The number of nitrogens with one attached hydrogen (secondary N) is 2. The Bertz CT molecular complexity index is 1530. The summed E-state index contributed by atoms with van der Waals surface area (Å²) in [5.74, 6) is -1.01. The van der Waals surface area contributed by atoms with Crippen molar-refractivity contribution in [3.63, 3.8) is 0 Å². The molecule has 6 rings (SSSR count). The Morgan fingerprint density at radius 2 is 1.80 bits per heavy atom. The summed E-state index contributed by atoms with van der Waals surface area (Å²) in [6.07, 6.45) is 8.79. The van der Waals surface area contributed by atoms with Crippen LogP contribution in [0, 0.1) is 5.82 Å². The SMILES string of the molecule is Cl.O=C(NC1(c2ccc(Cl)cc2)CC1)c1ccc(-c2cnc3ccc(-c4cn[nH]c4)cn23)cc1F. The highest BCUT2D eigenvalue weighted by atomic mass is 35.5. The van der Waals surface area contributed by atoms with Gasteiger partial charge in [-0.25, -0.2) is 9.37 Å². The van der Waals surface area contributed by atoms with Crippen LogP contribution in [0.5, 0.6) is 0 Å². The molecule has 1 saturated carbocycles. The molecular formula is C26H20Cl2FN5O. The molecule has 3 aromatic heterocycles. The van der Waals surface area contributed by atoms with E-state index in [1.54, 1.807) is 30.6 Å². The van der Waals surface area contributed by atoms with Crippen LogP contribution in [-0.2, 0) is 5.54 Å². The predicted octanol–water partition coefficient (Wildman–Crippen LogP) is 6.02. The molecule has 0 atom stereocenters. The maximum atomic E-state index is 15.1. The number of rotatable bonds is 5. The Labute approximate surface area is 211 Å². The van der Waals surface area contributed by atoms with Gasteiger partial charge in [-0.1, -0.05) is 29.8 Å². The third-order valence-electron chi connectivity index (χ3n) is 6.35. The summed E-state index contributed by atoms with van der Waals surface area (Å²) in [6, 6.07) is 15.9. The normalized spacial score (nSPS) is 13.9. The summed E-state index contributed by atoms with van der Waals surface area (Å²) in [6.45, 7) is 0. The fourth-order valence-electron chi connectivity index (χ4n) is 4.30. The Kier molecular flexibility index (Phi) is 5.83. The summed E-state index contributed by atoms with van der Waals surface area (Å²) >= 11 is 5.99. The molecule has 176 valence electrons. The van der Waals surface area contributed by atoms with Crippen molar-refractivity contribution >= 4 is 35.6 Å². The first-order valence-electron chi connectivity index (χ1n) is 10.9. The fourth-order valence-corrected chi connectivity index (χ4v) is 4.42. The van der Waals surface area contributed by atoms with E-state index in [4.69, 9.17) is 11.6 Å². The van der Waals surface area contributed by atoms with Crippen molar-refractivity contribution < 1.29 is 9.18 Å². The van der Waals surface area contributed by atoms with E-state index < -0.39 is 17.3 Å². The zero-order valence-electron chi connectivity index (χ0n) is 18.3. The molecule has 35 heavy (non-hydrogen) atoms. The van der Waals surface area contributed by atoms with Gasteiger partial charge in [0.1, 0.15) is 11.5 Å². The average molecular weight is 508 g/mol. The number of carbonyl (C=O) groups is 1. The van der Waals surface area contributed by atoms with E-state index in [0.29, 0.717) is 10.6 Å². The number of amides is 1. The second-order valence-electron chi connectivity index (χ2n) is 8.51. The minimum atomic E-state index is -0.581. The summed E-state index contributed by atoms with van der Waals surface area (Å²) in [5.41, 5.74) is 4.51. The number of hydrogen-bond donors (Lipinski definition) is 2. The monoisotopic (exact) mass is 507 g/mol. The number of pyridine rings is 1. The maximum absolute atomic E-state index is 15.1. The van der Waals surface area contributed by atoms with E-state index in [9.17, 15) is 4.79 Å². The van der Waals surface area contributed by atoms with Crippen molar-refractivity contribution in [2.45, 2.75) is 18.4 Å². The molecule has 5 aromatic rings. The van der Waals surface area contributed by atoms with Gasteiger partial charge >= 0.3 is 0 Å². The van der Waals surface area contributed by atoms with Crippen molar-refractivity contribution in [2.24, 2.45) is 0 Å². The highest BCUT2D eigenvalue weighted by Gasteiger charge is 2.45. The number of H-pyrrole nitrogens is 1. The number of carbonyl (C=O) groups excluding carboxylic acids is 1. The number of aromatic amines is 1. The van der Waals surface area contributed by atoms with Crippen molar-refractivity contribution in [1.29, 1.82) is 0 Å². The molecule has 9 heteroatoms. The first-order valence-corrected chi connectivity index (χ1v) is 11.2. The molecule has 3 heterocycles. The number of aromatic nitrogens is 4. The third kappa shape index (κ3) is 4.17. The highest BCUT2D eigenvalue weighted by Crippen LogP contribution is 2.46. The standard InChI is InChI=1S/C26H19ClFN5O.ClH/c27-20-5-3-19(4-6-20)26(9-10-26)32-25(34)21-7-1-16(11-22(21)28)23-14-29-24-8-2-17(15-33(23)24)18-12-30-31-13-18;/h1-8,11-15H,9-10H2,(H,30,31)(H,32,34);1H. The van der Waals surface area contributed by atoms with Gasteiger partial charge in [-0.2, -0.15) is 5.10 Å². The van der Waals surface area contributed by atoms with E-state index in [2.05, 4.69) is 20.5 Å². The maximum Gasteiger partial charge on any atom is 0.254 e. The van der Waals surface area contributed by atoms with E-state index in [1.165, 1.54) is 12.1 Å². The molecule has 1 fully saturated rings. The number of benzene rings is 2. The zero-order chi connectivity index (χ0) is 23.3. The summed E-state index contributed by atoms with van der Waals surface area (Å²) in [7, 11) is 0. The van der Waals surface area contributed by atoms with Gasteiger partial charge in [0.15, 0.2) is 0 Å². The van der Waals surface area contributed by atoms with Crippen molar-refractivity contribution in [1.82, 2.24) is 24.9 Å². The highest BCUT2D eigenvalue weighted by molar-refractivity contribution is 6.30. The van der Waals surface area contributed by atoms with Crippen LogP contribution in [0.25, 0.3) is 28.0 Å². The molecule has 0 aliphatic heterocycles. The van der Waals surface area contributed by atoms with Crippen LogP contribution >= 0.6 is 24.0 Å². The molecule has 1 aliphatic rings. The first-order chi connectivity index (χ1) is 16.5. The van der Waals surface area contributed by atoms with Gasteiger partial charge in [0, 0.05) is 34.1 Å². The van der Waals surface area contributed by atoms with Crippen LogP contribution in [0.2, 0.25) is 5.02 Å². The fraction of sp³-hybridized carbons (Fsp3) is 0.115. The number of imidazole rings is 1.